The Kier molecular flexibility index (Phi) is 4.38. The van der Waals surface area contributed by atoms with E-state index in [2.05, 4.69) is 0 Å². The second kappa shape index (κ2) is 5.58. The molecule has 0 saturated heterocycles. The number of ether oxygens (including phenoxy) is 1. The van der Waals surface area contributed by atoms with Crippen molar-refractivity contribution < 1.29 is 17.9 Å². The summed E-state index contributed by atoms with van der Waals surface area (Å²) in [5.74, 6) is 0.342. The molecule has 0 spiro atoms. The molecular weight excluding hydrogens is 231 g/mol. The Balaban J connectivity index is 2.52. The van der Waals surface area contributed by atoms with Crippen molar-refractivity contribution in [3.63, 3.8) is 0 Å². The zero-order valence-corrected chi connectivity index (χ0v) is 9.34. The Bertz CT molecular complexity index is 421. The second-order valence-corrected chi connectivity index (χ2v) is 3.68. The topological polar surface area (TPSA) is 33.0 Å². The summed E-state index contributed by atoms with van der Waals surface area (Å²) in [5.41, 5.74) is 1.23. The Morgan fingerprint density at radius 3 is 2.65 bits per heavy atom. The monoisotopic (exact) mass is 243 g/mol. The maximum absolute atomic E-state index is 11.9. The van der Waals surface area contributed by atoms with Crippen LogP contribution in [0.15, 0.2) is 18.2 Å². The molecule has 1 rings (SSSR count). The number of hydrogen-bond acceptors (Lipinski definition) is 2. The first kappa shape index (κ1) is 13.4. The second-order valence-electron chi connectivity index (χ2n) is 3.68. The van der Waals surface area contributed by atoms with E-state index in [0.717, 1.165) is 5.56 Å². The van der Waals surface area contributed by atoms with Gasteiger partial charge in [-0.2, -0.15) is 18.4 Å². The molecule has 0 fully saturated rings. The van der Waals surface area contributed by atoms with Gasteiger partial charge in [-0.25, -0.2) is 0 Å². The number of rotatable bonds is 4. The van der Waals surface area contributed by atoms with Crippen LogP contribution in [0.1, 0.15) is 24.0 Å². The van der Waals surface area contributed by atoms with E-state index in [4.69, 9.17) is 10.00 Å². The first-order valence-corrected chi connectivity index (χ1v) is 5.12. The Hall–Kier alpha value is -1.70. The summed E-state index contributed by atoms with van der Waals surface area (Å²) in [6.45, 7) is 1.78. The molecule has 0 N–H and O–H groups in total. The standard InChI is InChI=1S/C12H12F3NO/c1-9-3-4-10(8-16)11(7-9)17-6-2-5-12(13,14)15/h3-4,7H,2,5-6H2,1H3. The quantitative estimate of drug-likeness (QED) is 0.757. The van der Waals surface area contributed by atoms with E-state index >= 15 is 0 Å². The van der Waals surface area contributed by atoms with Gasteiger partial charge in [0, 0.05) is 6.42 Å². The minimum Gasteiger partial charge on any atom is -0.492 e. The van der Waals surface area contributed by atoms with Crippen molar-refractivity contribution >= 4 is 0 Å². The van der Waals surface area contributed by atoms with Gasteiger partial charge in [-0.05, 0) is 31.0 Å². The van der Waals surface area contributed by atoms with Crippen LogP contribution in [-0.4, -0.2) is 12.8 Å². The molecule has 0 amide bonds. The van der Waals surface area contributed by atoms with Crippen molar-refractivity contribution in [1.82, 2.24) is 0 Å². The number of halogens is 3. The third-order valence-corrected chi connectivity index (χ3v) is 2.12. The van der Waals surface area contributed by atoms with E-state index in [1.54, 1.807) is 18.2 Å². The van der Waals surface area contributed by atoms with Crippen LogP contribution in [0.3, 0.4) is 0 Å². The first-order chi connectivity index (χ1) is 7.92. The fourth-order valence-electron chi connectivity index (χ4n) is 1.30. The van der Waals surface area contributed by atoms with Crippen LogP contribution in [-0.2, 0) is 0 Å². The predicted octanol–water partition coefficient (Wildman–Crippen LogP) is 3.59. The van der Waals surface area contributed by atoms with Gasteiger partial charge < -0.3 is 4.74 Å². The van der Waals surface area contributed by atoms with Crippen LogP contribution in [0.25, 0.3) is 0 Å². The maximum Gasteiger partial charge on any atom is 0.389 e. The summed E-state index contributed by atoms with van der Waals surface area (Å²) < 4.78 is 40.8. The van der Waals surface area contributed by atoms with E-state index < -0.39 is 12.6 Å². The van der Waals surface area contributed by atoms with E-state index in [1.165, 1.54) is 0 Å². The van der Waals surface area contributed by atoms with Crippen LogP contribution in [0.5, 0.6) is 5.75 Å². The smallest absolute Gasteiger partial charge is 0.389 e. The average molecular weight is 243 g/mol. The highest BCUT2D eigenvalue weighted by atomic mass is 19.4. The third kappa shape index (κ3) is 4.77. The number of alkyl halides is 3. The first-order valence-electron chi connectivity index (χ1n) is 5.12. The van der Waals surface area contributed by atoms with Crippen molar-refractivity contribution in [2.45, 2.75) is 25.9 Å². The normalized spacial score (nSPS) is 11.0. The van der Waals surface area contributed by atoms with Crippen LogP contribution >= 0.6 is 0 Å². The van der Waals surface area contributed by atoms with Gasteiger partial charge in [0.05, 0.1) is 12.2 Å². The highest BCUT2D eigenvalue weighted by Gasteiger charge is 2.26. The summed E-state index contributed by atoms with van der Waals surface area (Å²) >= 11 is 0. The molecule has 0 bridgehead atoms. The van der Waals surface area contributed by atoms with Crippen molar-refractivity contribution in [3.8, 4) is 11.8 Å². The molecule has 17 heavy (non-hydrogen) atoms. The highest BCUT2D eigenvalue weighted by Crippen LogP contribution is 2.23. The lowest BCUT2D eigenvalue weighted by atomic mass is 10.1. The molecule has 0 heterocycles. The molecule has 0 radical (unpaired) electrons. The molecule has 1 aromatic rings. The lowest BCUT2D eigenvalue weighted by molar-refractivity contribution is -0.136. The molecule has 5 heteroatoms. The predicted molar refractivity (Wildman–Crippen MR) is 56.7 cm³/mol. The van der Waals surface area contributed by atoms with E-state index in [-0.39, 0.29) is 13.0 Å². The fraction of sp³-hybridized carbons (Fsp3) is 0.417. The van der Waals surface area contributed by atoms with Gasteiger partial charge in [0.15, 0.2) is 0 Å². The minimum atomic E-state index is -4.16. The summed E-state index contributed by atoms with van der Waals surface area (Å²) in [4.78, 5) is 0. The van der Waals surface area contributed by atoms with E-state index in [1.807, 2.05) is 13.0 Å². The minimum absolute atomic E-state index is 0.0440. The fourth-order valence-corrected chi connectivity index (χ4v) is 1.30. The van der Waals surface area contributed by atoms with Crippen molar-refractivity contribution in [2.24, 2.45) is 0 Å². The van der Waals surface area contributed by atoms with Crippen molar-refractivity contribution in [1.29, 1.82) is 5.26 Å². The number of nitrogens with zero attached hydrogens (tertiary/aromatic N) is 1. The lowest BCUT2D eigenvalue weighted by Gasteiger charge is -2.09. The van der Waals surface area contributed by atoms with Gasteiger partial charge in [0.25, 0.3) is 0 Å². The Morgan fingerprint density at radius 1 is 1.35 bits per heavy atom. The van der Waals surface area contributed by atoms with Gasteiger partial charge in [-0.15, -0.1) is 0 Å². The molecule has 0 unspecified atom stereocenters. The van der Waals surface area contributed by atoms with Crippen LogP contribution in [0.2, 0.25) is 0 Å². The Labute approximate surface area is 97.6 Å². The van der Waals surface area contributed by atoms with E-state index in [0.29, 0.717) is 11.3 Å². The van der Waals surface area contributed by atoms with Gasteiger partial charge >= 0.3 is 6.18 Å². The molecule has 0 aliphatic rings. The van der Waals surface area contributed by atoms with Crippen LogP contribution in [0, 0.1) is 18.3 Å². The lowest BCUT2D eigenvalue weighted by Crippen LogP contribution is -2.10. The molecule has 1 aromatic carbocycles. The number of benzene rings is 1. The molecule has 0 saturated carbocycles. The Morgan fingerprint density at radius 2 is 2.06 bits per heavy atom. The van der Waals surface area contributed by atoms with Gasteiger partial charge in [0.1, 0.15) is 11.8 Å². The van der Waals surface area contributed by atoms with Gasteiger partial charge in [-0.1, -0.05) is 6.07 Å². The molecule has 0 aliphatic heterocycles. The number of nitriles is 1. The summed E-state index contributed by atoms with van der Waals surface area (Å²) in [6.07, 6.45) is -5.14. The van der Waals surface area contributed by atoms with Crippen LogP contribution < -0.4 is 4.74 Å². The zero-order valence-electron chi connectivity index (χ0n) is 9.34. The summed E-state index contributed by atoms with van der Waals surface area (Å²) in [5, 5.41) is 8.79. The van der Waals surface area contributed by atoms with Crippen molar-refractivity contribution in [2.75, 3.05) is 6.61 Å². The molecule has 92 valence electrons. The summed E-state index contributed by atoms with van der Waals surface area (Å²) in [6, 6.07) is 6.92. The molecule has 0 aliphatic carbocycles. The average Bonchev–Trinajstić information content (AvgIpc) is 2.23. The zero-order chi connectivity index (χ0) is 12.9. The van der Waals surface area contributed by atoms with Gasteiger partial charge in [-0.3, -0.25) is 0 Å². The largest absolute Gasteiger partial charge is 0.492 e. The highest BCUT2D eigenvalue weighted by molar-refractivity contribution is 5.44. The SMILES string of the molecule is Cc1ccc(C#N)c(OCCCC(F)(F)F)c1. The summed E-state index contributed by atoms with van der Waals surface area (Å²) in [7, 11) is 0. The molecule has 0 aromatic heterocycles. The molecular formula is C12H12F3NO. The van der Waals surface area contributed by atoms with E-state index in [9.17, 15) is 13.2 Å². The van der Waals surface area contributed by atoms with Gasteiger partial charge in [0.2, 0.25) is 0 Å². The van der Waals surface area contributed by atoms with Crippen molar-refractivity contribution in [3.05, 3.63) is 29.3 Å². The third-order valence-electron chi connectivity index (χ3n) is 2.12. The molecule has 2 nitrogen and oxygen atoms in total. The van der Waals surface area contributed by atoms with Crippen LogP contribution in [0.4, 0.5) is 13.2 Å². The number of hydrogen-bond donors (Lipinski definition) is 0. The number of aryl methyl sites for hydroxylation is 1. The maximum atomic E-state index is 11.9. The molecule has 0 atom stereocenters.